The molecular weight excluding hydrogens is 276 g/mol. The van der Waals surface area contributed by atoms with Crippen LogP contribution in [0.15, 0.2) is 36.5 Å². The summed E-state index contributed by atoms with van der Waals surface area (Å²) in [6.07, 6.45) is 1.33. The molecule has 2 aromatic rings. The van der Waals surface area contributed by atoms with Crippen molar-refractivity contribution in [3.63, 3.8) is 0 Å². The van der Waals surface area contributed by atoms with E-state index >= 15 is 0 Å². The van der Waals surface area contributed by atoms with Crippen LogP contribution in [0.4, 0.5) is 17.1 Å². The lowest BCUT2D eigenvalue weighted by molar-refractivity contribution is -0.384. The van der Waals surface area contributed by atoms with Crippen LogP contribution in [0.2, 0.25) is 0 Å². The van der Waals surface area contributed by atoms with Gasteiger partial charge in [0.05, 0.1) is 30.0 Å². The van der Waals surface area contributed by atoms with Crippen LogP contribution < -0.4 is 15.8 Å². The minimum absolute atomic E-state index is 0.0597. The molecule has 0 radical (unpaired) electrons. The summed E-state index contributed by atoms with van der Waals surface area (Å²) in [6, 6.07) is 7.08. The molecule has 0 saturated carbocycles. The van der Waals surface area contributed by atoms with Crippen molar-refractivity contribution in [1.82, 2.24) is 4.98 Å². The zero-order valence-corrected chi connectivity index (χ0v) is 11.1. The summed E-state index contributed by atoms with van der Waals surface area (Å²) >= 11 is 0. The lowest BCUT2D eigenvalue weighted by Crippen LogP contribution is -2.14. The van der Waals surface area contributed by atoms with Gasteiger partial charge in [-0.25, -0.2) is 4.98 Å². The predicted octanol–water partition coefficient (Wildman–Crippen LogP) is 1.83. The lowest BCUT2D eigenvalue weighted by atomic mass is 10.2. The first-order valence-corrected chi connectivity index (χ1v) is 5.86. The molecule has 0 atom stereocenters. The summed E-state index contributed by atoms with van der Waals surface area (Å²) in [4.78, 5) is 26.3. The van der Waals surface area contributed by atoms with Crippen molar-refractivity contribution >= 4 is 23.0 Å². The van der Waals surface area contributed by atoms with E-state index in [9.17, 15) is 14.9 Å². The molecule has 0 aliphatic heterocycles. The number of carbonyl (C=O) groups excluding carboxylic acids is 1. The van der Waals surface area contributed by atoms with E-state index < -0.39 is 10.8 Å². The molecule has 0 fully saturated rings. The largest absolute Gasteiger partial charge is 0.496 e. The molecule has 1 aromatic heterocycles. The van der Waals surface area contributed by atoms with Crippen LogP contribution >= 0.6 is 0 Å². The number of pyridine rings is 1. The van der Waals surface area contributed by atoms with E-state index in [1.54, 1.807) is 0 Å². The van der Waals surface area contributed by atoms with Crippen molar-refractivity contribution in [3.05, 3.63) is 52.3 Å². The Hall–Kier alpha value is -3.16. The fourth-order valence-corrected chi connectivity index (χ4v) is 1.62. The van der Waals surface area contributed by atoms with Crippen molar-refractivity contribution in [2.45, 2.75) is 0 Å². The van der Waals surface area contributed by atoms with Crippen LogP contribution in [0.25, 0.3) is 0 Å². The molecule has 0 aliphatic carbocycles. The van der Waals surface area contributed by atoms with Gasteiger partial charge in [0.2, 0.25) is 0 Å². The number of hydrogen-bond acceptors (Lipinski definition) is 6. The zero-order chi connectivity index (χ0) is 15.4. The molecular formula is C13H12N4O4. The zero-order valence-electron chi connectivity index (χ0n) is 11.1. The van der Waals surface area contributed by atoms with Crippen molar-refractivity contribution in [3.8, 4) is 5.75 Å². The van der Waals surface area contributed by atoms with Crippen molar-refractivity contribution in [2.75, 3.05) is 18.2 Å². The molecule has 3 N–H and O–H groups in total. The number of nitrogen functional groups attached to an aromatic ring is 1. The van der Waals surface area contributed by atoms with E-state index in [-0.39, 0.29) is 17.1 Å². The number of carbonyl (C=O) groups is 1. The number of nitrogens with one attached hydrogen (secondary N) is 1. The van der Waals surface area contributed by atoms with E-state index in [1.165, 1.54) is 43.6 Å². The molecule has 108 valence electrons. The Morgan fingerprint density at radius 3 is 2.71 bits per heavy atom. The van der Waals surface area contributed by atoms with Gasteiger partial charge in [-0.1, -0.05) is 0 Å². The number of hydrogen-bond donors (Lipinski definition) is 2. The fourth-order valence-electron chi connectivity index (χ4n) is 1.62. The first-order chi connectivity index (χ1) is 10.0. The van der Waals surface area contributed by atoms with Crippen LogP contribution in [0.5, 0.6) is 5.75 Å². The average Bonchev–Trinajstić information content (AvgIpc) is 2.48. The fraction of sp³-hybridized carbons (Fsp3) is 0.0769. The first-order valence-electron chi connectivity index (χ1n) is 5.86. The second-order valence-corrected chi connectivity index (χ2v) is 4.07. The standard InChI is InChI=1S/C13H12N4O4/c1-21-9-3-5-10(12(6-9)17(19)20)16-13(18)11-4-2-8(14)7-15-11/h2-7H,14H2,1H3,(H,16,18). The maximum Gasteiger partial charge on any atom is 0.296 e. The predicted molar refractivity (Wildman–Crippen MR) is 76.3 cm³/mol. The number of anilines is 2. The second-order valence-electron chi connectivity index (χ2n) is 4.07. The van der Waals surface area contributed by atoms with Crippen LogP contribution in [0.1, 0.15) is 10.5 Å². The van der Waals surface area contributed by atoms with Gasteiger partial charge in [-0.15, -0.1) is 0 Å². The Kier molecular flexibility index (Phi) is 3.98. The van der Waals surface area contributed by atoms with Crippen molar-refractivity contribution in [1.29, 1.82) is 0 Å². The molecule has 0 saturated heterocycles. The van der Waals surface area contributed by atoms with E-state index in [4.69, 9.17) is 10.5 Å². The number of nitrogens with two attached hydrogens (primary N) is 1. The molecule has 21 heavy (non-hydrogen) atoms. The maximum absolute atomic E-state index is 12.0. The van der Waals surface area contributed by atoms with Crippen LogP contribution in [0, 0.1) is 10.1 Å². The van der Waals surface area contributed by atoms with Gasteiger partial charge >= 0.3 is 0 Å². The average molecular weight is 288 g/mol. The van der Waals surface area contributed by atoms with E-state index in [0.717, 1.165) is 0 Å². The summed E-state index contributed by atoms with van der Waals surface area (Å²) < 4.78 is 4.92. The molecule has 1 aromatic carbocycles. The van der Waals surface area contributed by atoms with Gasteiger partial charge in [-0.3, -0.25) is 14.9 Å². The molecule has 0 unspecified atom stereocenters. The number of nitro groups is 1. The van der Waals surface area contributed by atoms with Gasteiger partial charge in [0.15, 0.2) is 0 Å². The van der Waals surface area contributed by atoms with Gasteiger partial charge in [0.1, 0.15) is 17.1 Å². The molecule has 0 aliphatic rings. The molecule has 8 heteroatoms. The summed E-state index contributed by atoms with van der Waals surface area (Å²) in [5.41, 5.74) is 5.80. The minimum Gasteiger partial charge on any atom is -0.496 e. The molecule has 0 bridgehead atoms. The number of nitro benzene ring substituents is 1. The van der Waals surface area contributed by atoms with Crippen molar-refractivity contribution < 1.29 is 14.5 Å². The number of amides is 1. The van der Waals surface area contributed by atoms with Crippen LogP contribution in [-0.2, 0) is 0 Å². The Balaban J connectivity index is 2.28. The van der Waals surface area contributed by atoms with Crippen molar-refractivity contribution in [2.24, 2.45) is 0 Å². The minimum atomic E-state index is -0.603. The Bertz CT molecular complexity index is 685. The summed E-state index contributed by atoms with van der Waals surface area (Å²) in [5, 5.41) is 13.5. The topological polar surface area (TPSA) is 120 Å². The Morgan fingerprint density at radius 1 is 1.38 bits per heavy atom. The van der Waals surface area contributed by atoms with Crippen LogP contribution in [-0.4, -0.2) is 22.9 Å². The Morgan fingerprint density at radius 2 is 2.14 bits per heavy atom. The number of rotatable bonds is 4. The number of aromatic nitrogens is 1. The number of nitrogens with zero attached hydrogens (tertiary/aromatic N) is 2. The van der Waals surface area contributed by atoms with Gasteiger partial charge in [0, 0.05) is 0 Å². The normalized spacial score (nSPS) is 9.95. The van der Waals surface area contributed by atoms with Gasteiger partial charge < -0.3 is 15.8 Å². The van der Waals surface area contributed by atoms with Crippen LogP contribution in [0.3, 0.4) is 0 Å². The third kappa shape index (κ3) is 3.24. The SMILES string of the molecule is COc1ccc(NC(=O)c2ccc(N)cn2)c([N+](=O)[O-])c1. The summed E-state index contributed by atoms with van der Waals surface area (Å²) in [5.74, 6) is -0.242. The highest BCUT2D eigenvalue weighted by Crippen LogP contribution is 2.29. The number of benzene rings is 1. The monoisotopic (exact) mass is 288 g/mol. The lowest BCUT2D eigenvalue weighted by Gasteiger charge is -2.07. The molecule has 1 heterocycles. The van der Waals surface area contributed by atoms with E-state index in [0.29, 0.717) is 11.4 Å². The second kappa shape index (κ2) is 5.87. The first kappa shape index (κ1) is 14.3. The highest BCUT2D eigenvalue weighted by atomic mass is 16.6. The molecule has 8 nitrogen and oxygen atoms in total. The molecule has 1 amide bonds. The molecule has 2 rings (SSSR count). The third-order valence-corrected chi connectivity index (χ3v) is 2.67. The number of methoxy groups -OCH3 is 1. The molecule has 0 spiro atoms. The number of ether oxygens (including phenoxy) is 1. The summed E-state index contributed by atoms with van der Waals surface area (Å²) in [6.45, 7) is 0. The summed E-state index contributed by atoms with van der Waals surface area (Å²) in [7, 11) is 1.40. The smallest absolute Gasteiger partial charge is 0.296 e. The van der Waals surface area contributed by atoms with Gasteiger partial charge in [-0.05, 0) is 24.3 Å². The van der Waals surface area contributed by atoms with Gasteiger partial charge in [-0.2, -0.15) is 0 Å². The third-order valence-electron chi connectivity index (χ3n) is 2.67. The van der Waals surface area contributed by atoms with E-state index in [2.05, 4.69) is 10.3 Å². The quantitative estimate of drug-likeness (QED) is 0.654. The van der Waals surface area contributed by atoms with E-state index in [1.807, 2.05) is 0 Å². The highest BCUT2D eigenvalue weighted by molar-refractivity contribution is 6.04. The Labute approximate surface area is 119 Å². The highest BCUT2D eigenvalue weighted by Gasteiger charge is 2.18. The maximum atomic E-state index is 12.0. The van der Waals surface area contributed by atoms with Gasteiger partial charge in [0.25, 0.3) is 11.6 Å².